The van der Waals surface area contributed by atoms with Crippen LogP contribution in [0.1, 0.15) is 54.7 Å². The summed E-state index contributed by atoms with van der Waals surface area (Å²) in [5, 5.41) is 8.85. The zero-order chi connectivity index (χ0) is 16.1. The highest BCUT2D eigenvalue weighted by atomic mass is 16.7. The highest BCUT2D eigenvalue weighted by Crippen LogP contribution is 2.35. The molecule has 0 bridgehead atoms. The Hall–Kier alpha value is -2.36. The van der Waals surface area contributed by atoms with Crippen molar-refractivity contribution in [3.8, 4) is 5.88 Å². The molecule has 4 nitrogen and oxygen atoms in total. The van der Waals surface area contributed by atoms with E-state index in [1.165, 1.54) is 43.2 Å². The molecule has 1 aromatic heterocycles. The number of carbonyl (C=O) groups is 1. The molecular weight excluding hydrogens is 290 g/mol. The fourth-order valence-electron chi connectivity index (χ4n) is 3.45. The summed E-state index contributed by atoms with van der Waals surface area (Å²) in [7, 11) is 0. The van der Waals surface area contributed by atoms with Crippen LogP contribution < -0.4 is 4.74 Å². The van der Waals surface area contributed by atoms with Crippen LogP contribution in [0.3, 0.4) is 0 Å². The van der Waals surface area contributed by atoms with Crippen molar-refractivity contribution in [3.05, 3.63) is 59.3 Å². The lowest BCUT2D eigenvalue weighted by Crippen LogP contribution is -2.10. The summed E-state index contributed by atoms with van der Waals surface area (Å²) < 4.78 is 4.81. The molecule has 0 amide bonds. The van der Waals surface area contributed by atoms with Gasteiger partial charge in [0, 0.05) is 18.2 Å². The van der Waals surface area contributed by atoms with Crippen molar-refractivity contribution in [3.63, 3.8) is 0 Å². The van der Waals surface area contributed by atoms with Crippen molar-refractivity contribution in [2.24, 2.45) is 0 Å². The molecule has 1 saturated carbocycles. The highest BCUT2D eigenvalue weighted by Gasteiger charge is 2.19. The van der Waals surface area contributed by atoms with Gasteiger partial charge in [-0.1, -0.05) is 49.6 Å². The quantitative estimate of drug-likeness (QED) is 0.826. The van der Waals surface area contributed by atoms with E-state index in [-0.39, 0.29) is 5.88 Å². The maximum Gasteiger partial charge on any atom is 0.512 e. The monoisotopic (exact) mass is 311 g/mol. The topological polar surface area (TPSA) is 59.4 Å². The molecule has 1 heterocycles. The Labute approximate surface area is 136 Å². The molecule has 0 unspecified atom stereocenters. The van der Waals surface area contributed by atoms with Crippen LogP contribution >= 0.6 is 0 Å². The van der Waals surface area contributed by atoms with E-state index in [9.17, 15) is 4.79 Å². The van der Waals surface area contributed by atoms with E-state index in [1.54, 1.807) is 6.20 Å². The van der Waals surface area contributed by atoms with Crippen LogP contribution in [0.2, 0.25) is 0 Å². The summed E-state index contributed by atoms with van der Waals surface area (Å²) in [6.45, 7) is 0. The van der Waals surface area contributed by atoms with E-state index in [1.807, 2.05) is 18.2 Å². The predicted octanol–water partition coefficient (Wildman–Crippen LogP) is 4.78. The molecule has 0 atom stereocenters. The highest BCUT2D eigenvalue weighted by molar-refractivity contribution is 5.61. The van der Waals surface area contributed by atoms with E-state index in [0.29, 0.717) is 12.3 Å². The van der Waals surface area contributed by atoms with Gasteiger partial charge in [-0.2, -0.15) is 0 Å². The Bertz CT molecular complexity index is 678. The van der Waals surface area contributed by atoms with Gasteiger partial charge in [-0.3, -0.25) is 0 Å². The molecule has 3 rings (SSSR count). The standard InChI is InChI=1S/C19H21NO3/c21-19(22)23-18-16(10-6-12-20-18)13-15-9-4-5-11-17(15)14-7-2-1-3-8-14/h4-6,9-12,14H,1-3,7-8,13H2,(H,21,22). The number of benzene rings is 1. The SMILES string of the molecule is O=C(O)Oc1ncccc1Cc1ccccc1C1CCCCC1. The van der Waals surface area contributed by atoms with E-state index >= 15 is 0 Å². The second-order valence-electron chi connectivity index (χ2n) is 6.05. The fourth-order valence-corrected chi connectivity index (χ4v) is 3.45. The molecule has 2 aromatic rings. The van der Waals surface area contributed by atoms with Crippen molar-refractivity contribution in [2.45, 2.75) is 44.4 Å². The number of nitrogens with zero attached hydrogens (tertiary/aromatic N) is 1. The third kappa shape index (κ3) is 3.89. The van der Waals surface area contributed by atoms with Crippen LogP contribution in [0.15, 0.2) is 42.6 Å². The Balaban J connectivity index is 1.87. The summed E-state index contributed by atoms with van der Waals surface area (Å²) in [6, 6.07) is 12.2. The maximum absolute atomic E-state index is 10.8. The largest absolute Gasteiger partial charge is 0.512 e. The van der Waals surface area contributed by atoms with Crippen LogP contribution in [-0.2, 0) is 6.42 Å². The lowest BCUT2D eigenvalue weighted by atomic mass is 9.81. The second kappa shape index (κ2) is 7.27. The molecule has 4 heteroatoms. The maximum atomic E-state index is 10.8. The summed E-state index contributed by atoms with van der Waals surface area (Å²) in [6.07, 6.45) is 7.25. The minimum Gasteiger partial charge on any atom is -0.449 e. The summed E-state index contributed by atoms with van der Waals surface area (Å²) in [4.78, 5) is 14.9. The van der Waals surface area contributed by atoms with Gasteiger partial charge in [0.25, 0.3) is 0 Å². The summed E-state index contributed by atoms with van der Waals surface area (Å²) in [5.41, 5.74) is 3.43. The van der Waals surface area contributed by atoms with Crippen LogP contribution in [0.4, 0.5) is 4.79 Å². The molecular formula is C19H21NO3. The van der Waals surface area contributed by atoms with Gasteiger partial charge in [0.05, 0.1) is 0 Å². The van der Waals surface area contributed by atoms with Crippen LogP contribution in [-0.4, -0.2) is 16.2 Å². The van der Waals surface area contributed by atoms with Crippen LogP contribution in [0, 0.1) is 0 Å². The van der Waals surface area contributed by atoms with E-state index < -0.39 is 6.16 Å². The summed E-state index contributed by atoms with van der Waals surface area (Å²) in [5.74, 6) is 0.791. The number of aromatic nitrogens is 1. The zero-order valence-corrected chi connectivity index (χ0v) is 13.1. The normalized spacial score (nSPS) is 15.3. The Morgan fingerprint density at radius 2 is 1.83 bits per heavy atom. The first-order chi connectivity index (χ1) is 11.2. The lowest BCUT2D eigenvalue weighted by molar-refractivity contribution is 0.142. The van der Waals surface area contributed by atoms with Crippen molar-refractivity contribution < 1.29 is 14.6 Å². The number of hydrogen-bond acceptors (Lipinski definition) is 3. The van der Waals surface area contributed by atoms with Crippen LogP contribution in [0.5, 0.6) is 5.88 Å². The Morgan fingerprint density at radius 3 is 2.61 bits per heavy atom. The van der Waals surface area contributed by atoms with E-state index in [2.05, 4.69) is 23.2 Å². The summed E-state index contributed by atoms with van der Waals surface area (Å²) >= 11 is 0. The fraction of sp³-hybridized carbons (Fsp3) is 0.368. The molecule has 1 aliphatic carbocycles. The van der Waals surface area contributed by atoms with Gasteiger partial charge in [0.15, 0.2) is 0 Å². The Morgan fingerprint density at radius 1 is 1.09 bits per heavy atom. The van der Waals surface area contributed by atoms with Crippen molar-refractivity contribution in [1.29, 1.82) is 0 Å². The van der Waals surface area contributed by atoms with Crippen molar-refractivity contribution >= 4 is 6.16 Å². The molecule has 23 heavy (non-hydrogen) atoms. The molecule has 0 saturated heterocycles. The average molecular weight is 311 g/mol. The zero-order valence-electron chi connectivity index (χ0n) is 13.1. The van der Waals surface area contributed by atoms with E-state index in [0.717, 1.165) is 5.56 Å². The molecule has 1 aliphatic rings. The smallest absolute Gasteiger partial charge is 0.449 e. The molecule has 1 fully saturated rings. The van der Waals surface area contributed by atoms with Gasteiger partial charge < -0.3 is 9.84 Å². The molecule has 0 spiro atoms. The third-order valence-corrected chi connectivity index (χ3v) is 4.51. The van der Waals surface area contributed by atoms with Gasteiger partial charge in [-0.15, -0.1) is 0 Å². The van der Waals surface area contributed by atoms with Gasteiger partial charge in [0.2, 0.25) is 5.88 Å². The third-order valence-electron chi connectivity index (χ3n) is 4.51. The molecule has 120 valence electrons. The van der Waals surface area contributed by atoms with Gasteiger partial charge >= 0.3 is 6.16 Å². The molecule has 0 aliphatic heterocycles. The lowest BCUT2D eigenvalue weighted by Gasteiger charge is -2.24. The Kier molecular flexibility index (Phi) is 4.91. The van der Waals surface area contributed by atoms with Gasteiger partial charge in [0.1, 0.15) is 0 Å². The van der Waals surface area contributed by atoms with Crippen molar-refractivity contribution in [2.75, 3.05) is 0 Å². The van der Waals surface area contributed by atoms with E-state index in [4.69, 9.17) is 9.84 Å². The molecule has 1 aromatic carbocycles. The first-order valence-electron chi connectivity index (χ1n) is 8.16. The number of pyridine rings is 1. The number of ether oxygens (including phenoxy) is 1. The van der Waals surface area contributed by atoms with Gasteiger partial charge in [-0.25, -0.2) is 9.78 Å². The number of carboxylic acid groups (broad SMARTS) is 1. The second-order valence-corrected chi connectivity index (χ2v) is 6.05. The number of hydrogen-bond donors (Lipinski definition) is 1. The first kappa shape index (κ1) is 15.5. The van der Waals surface area contributed by atoms with Crippen LogP contribution in [0.25, 0.3) is 0 Å². The number of rotatable bonds is 4. The minimum absolute atomic E-state index is 0.179. The minimum atomic E-state index is -1.33. The van der Waals surface area contributed by atoms with Gasteiger partial charge in [-0.05, 0) is 36.0 Å². The molecule has 0 radical (unpaired) electrons. The molecule has 1 N–H and O–H groups in total. The average Bonchev–Trinajstić information content (AvgIpc) is 2.57. The predicted molar refractivity (Wildman–Crippen MR) is 88.0 cm³/mol. The van der Waals surface area contributed by atoms with Crippen molar-refractivity contribution in [1.82, 2.24) is 4.98 Å². The first-order valence-corrected chi connectivity index (χ1v) is 8.16.